The van der Waals surface area contributed by atoms with Crippen molar-refractivity contribution in [1.82, 2.24) is 0 Å². The van der Waals surface area contributed by atoms with Crippen LogP contribution in [0.2, 0.25) is 0 Å². The molecule has 0 spiro atoms. The summed E-state index contributed by atoms with van der Waals surface area (Å²) in [5.41, 5.74) is 5.37. The maximum absolute atomic E-state index is 12.6. The number of esters is 1. The molecule has 2 unspecified atom stereocenters. The van der Waals surface area contributed by atoms with E-state index in [2.05, 4.69) is 123 Å². The summed E-state index contributed by atoms with van der Waals surface area (Å²) < 4.78 is 33.4. The monoisotopic (exact) mass is 828 g/mol. The Kier molecular flexibility index (Phi) is 43.0. The highest BCUT2D eigenvalue weighted by molar-refractivity contribution is 7.47. The van der Waals surface area contributed by atoms with E-state index >= 15 is 0 Å². The second-order valence-corrected chi connectivity index (χ2v) is 15.6. The molecular formula is C49H82NO7P. The van der Waals surface area contributed by atoms with Crippen LogP contribution in [0.3, 0.4) is 0 Å². The zero-order valence-electron chi connectivity index (χ0n) is 36.5. The molecule has 330 valence electrons. The fourth-order valence-corrected chi connectivity index (χ4v) is 6.25. The molecule has 2 atom stereocenters. The molecule has 9 heteroatoms. The van der Waals surface area contributed by atoms with Gasteiger partial charge in [0.25, 0.3) is 0 Å². The summed E-state index contributed by atoms with van der Waals surface area (Å²) >= 11 is 0. The number of ether oxygens (including phenoxy) is 2. The van der Waals surface area contributed by atoms with Crippen molar-refractivity contribution >= 4 is 13.8 Å². The third kappa shape index (κ3) is 44.3. The summed E-state index contributed by atoms with van der Waals surface area (Å²) in [6.45, 7) is 4.54. The van der Waals surface area contributed by atoms with Crippen LogP contribution in [-0.4, -0.2) is 49.9 Å². The average Bonchev–Trinajstić information content (AvgIpc) is 3.21. The SMILES string of the molecule is CC/C=C\C/C=C\C/C=C\C/C=C\C/C=C\CCCCOCC(COP(=O)(O)OCCN)OC(=O)CCCCCCCCCC/C=C\C/C=C\C/C=C\C/C=C\CC. The zero-order valence-corrected chi connectivity index (χ0v) is 37.4. The summed E-state index contributed by atoms with van der Waals surface area (Å²) in [4.78, 5) is 22.5. The van der Waals surface area contributed by atoms with E-state index in [1.165, 1.54) is 32.1 Å². The van der Waals surface area contributed by atoms with Crippen molar-refractivity contribution < 1.29 is 32.8 Å². The van der Waals surface area contributed by atoms with E-state index in [-0.39, 0.29) is 32.3 Å². The molecule has 3 N–H and O–H groups in total. The Hall–Kier alpha value is -2.84. The highest BCUT2D eigenvalue weighted by atomic mass is 31.2. The predicted octanol–water partition coefficient (Wildman–Crippen LogP) is 13.6. The fourth-order valence-electron chi connectivity index (χ4n) is 5.48. The minimum absolute atomic E-state index is 0.0760. The van der Waals surface area contributed by atoms with Crippen LogP contribution in [0.25, 0.3) is 0 Å². The number of allylic oxidation sites excluding steroid dienone is 18. The number of hydrogen-bond acceptors (Lipinski definition) is 7. The quantitative estimate of drug-likeness (QED) is 0.0271. The van der Waals surface area contributed by atoms with Crippen molar-refractivity contribution in [3.8, 4) is 0 Å². The summed E-state index contributed by atoms with van der Waals surface area (Å²) in [5.74, 6) is -0.359. The first-order valence-electron chi connectivity index (χ1n) is 22.4. The van der Waals surface area contributed by atoms with Gasteiger partial charge in [-0.25, -0.2) is 4.57 Å². The van der Waals surface area contributed by atoms with Crippen molar-refractivity contribution in [2.45, 2.75) is 161 Å². The Balaban J connectivity index is 4.14. The van der Waals surface area contributed by atoms with Crippen molar-refractivity contribution in [3.05, 3.63) is 109 Å². The highest BCUT2D eigenvalue weighted by Gasteiger charge is 2.25. The van der Waals surface area contributed by atoms with Gasteiger partial charge in [-0.3, -0.25) is 13.8 Å². The number of phosphoric acid groups is 1. The number of unbranched alkanes of at least 4 members (excludes halogenated alkanes) is 10. The lowest BCUT2D eigenvalue weighted by molar-refractivity contribution is -0.154. The highest BCUT2D eigenvalue weighted by Crippen LogP contribution is 2.43. The fraction of sp³-hybridized carbons (Fsp3) is 0.612. The van der Waals surface area contributed by atoms with E-state index < -0.39 is 13.9 Å². The van der Waals surface area contributed by atoms with Crippen LogP contribution in [0.15, 0.2) is 109 Å². The molecule has 0 aromatic carbocycles. The summed E-state index contributed by atoms with van der Waals surface area (Å²) in [7, 11) is -4.30. The standard InChI is InChI=1S/C49H82NO7P/c1-3-5-7-9-11-13-15-17-19-21-23-24-25-26-28-30-32-34-36-38-40-42-49(51)57-48(47-56-58(52,53)55-45-43-50)46-54-44-41-39-37-35-33-31-29-27-22-20-18-16-14-12-10-8-6-4-2/h5-8,11-14,17-20,23-24,27,29,33,35,48H,3-4,9-10,15-16,21-22,25-26,28,30-32,34,36-47,50H2,1-2H3,(H,52,53)/b7-5-,8-6-,13-11-,14-12-,19-17-,20-18-,24-23-,29-27-,35-33-. The van der Waals surface area contributed by atoms with Gasteiger partial charge in [0, 0.05) is 19.6 Å². The Morgan fingerprint density at radius 1 is 0.517 bits per heavy atom. The van der Waals surface area contributed by atoms with Crippen LogP contribution in [0.4, 0.5) is 0 Å². The van der Waals surface area contributed by atoms with Crippen LogP contribution in [0.1, 0.15) is 155 Å². The van der Waals surface area contributed by atoms with Gasteiger partial charge >= 0.3 is 13.8 Å². The Labute approximate surface area is 354 Å². The Morgan fingerprint density at radius 2 is 0.914 bits per heavy atom. The minimum atomic E-state index is -4.30. The first kappa shape index (κ1) is 55.2. The maximum atomic E-state index is 12.6. The number of rotatable bonds is 41. The number of carbonyl (C=O) groups excluding carboxylic acids is 1. The van der Waals surface area contributed by atoms with Gasteiger partial charge in [-0.2, -0.15) is 0 Å². The van der Waals surface area contributed by atoms with E-state index in [0.29, 0.717) is 13.0 Å². The first-order chi connectivity index (χ1) is 28.4. The second kappa shape index (κ2) is 45.2. The lowest BCUT2D eigenvalue weighted by Crippen LogP contribution is -2.28. The van der Waals surface area contributed by atoms with E-state index in [9.17, 15) is 14.3 Å². The van der Waals surface area contributed by atoms with Gasteiger partial charge < -0.3 is 20.1 Å². The zero-order chi connectivity index (χ0) is 42.3. The summed E-state index contributed by atoms with van der Waals surface area (Å²) in [6.07, 6.45) is 61.1. The maximum Gasteiger partial charge on any atom is 0.472 e. The smallest absolute Gasteiger partial charge is 0.457 e. The number of phosphoric ester groups is 1. The first-order valence-corrected chi connectivity index (χ1v) is 23.9. The lowest BCUT2D eigenvalue weighted by Gasteiger charge is -2.20. The van der Waals surface area contributed by atoms with E-state index in [1.54, 1.807) is 0 Å². The molecule has 0 saturated heterocycles. The van der Waals surface area contributed by atoms with E-state index in [0.717, 1.165) is 103 Å². The molecule has 0 aromatic rings. The molecule has 0 aromatic heterocycles. The lowest BCUT2D eigenvalue weighted by atomic mass is 10.1. The van der Waals surface area contributed by atoms with Gasteiger partial charge in [0.05, 0.1) is 19.8 Å². The van der Waals surface area contributed by atoms with E-state index in [1.807, 2.05) is 0 Å². The third-order valence-corrected chi connectivity index (χ3v) is 9.67. The molecule has 58 heavy (non-hydrogen) atoms. The second-order valence-electron chi connectivity index (χ2n) is 14.1. The predicted molar refractivity (Wildman–Crippen MR) is 247 cm³/mol. The van der Waals surface area contributed by atoms with Crippen molar-refractivity contribution in [1.29, 1.82) is 0 Å². The van der Waals surface area contributed by atoms with Crippen LogP contribution < -0.4 is 5.73 Å². The Morgan fingerprint density at radius 3 is 1.36 bits per heavy atom. The van der Waals surface area contributed by atoms with E-state index in [4.69, 9.17) is 24.3 Å². The summed E-state index contributed by atoms with van der Waals surface area (Å²) in [5, 5.41) is 0. The van der Waals surface area contributed by atoms with Crippen molar-refractivity contribution in [2.75, 3.05) is 33.0 Å². The molecule has 0 rings (SSSR count). The van der Waals surface area contributed by atoms with Gasteiger partial charge in [0.15, 0.2) is 0 Å². The molecule has 0 heterocycles. The van der Waals surface area contributed by atoms with Gasteiger partial charge in [0.1, 0.15) is 6.10 Å². The molecule has 0 bridgehead atoms. The molecule has 0 aliphatic carbocycles. The molecule has 0 saturated carbocycles. The minimum Gasteiger partial charge on any atom is -0.457 e. The molecular weight excluding hydrogens is 746 g/mol. The molecule has 0 aliphatic heterocycles. The van der Waals surface area contributed by atoms with Crippen LogP contribution >= 0.6 is 7.82 Å². The van der Waals surface area contributed by atoms with Gasteiger partial charge in [-0.05, 0) is 96.3 Å². The van der Waals surface area contributed by atoms with Gasteiger partial charge in [-0.15, -0.1) is 0 Å². The molecule has 0 amide bonds. The molecule has 0 fully saturated rings. The Bertz CT molecular complexity index is 1250. The average molecular weight is 828 g/mol. The largest absolute Gasteiger partial charge is 0.472 e. The number of hydrogen-bond donors (Lipinski definition) is 2. The van der Waals surface area contributed by atoms with Crippen LogP contribution in [0.5, 0.6) is 0 Å². The van der Waals surface area contributed by atoms with Crippen LogP contribution in [0, 0.1) is 0 Å². The third-order valence-electron chi connectivity index (χ3n) is 8.69. The number of nitrogens with two attached hydrogens (primary N) is 1. The van der Waals surface area contributed by atoms with Crippen LogP contribution in [-0.2, 0) is 27.9 Å². The van der Waals surface area contributed by atoms with Crippen molar-refractivity contribution in [3.63, 3.8) is 0 Å². The topological polar surface area (TPSA) is 117 Å². The van der Waals surface area contributed by atoms with Gasteiger partial charge in [0.2, 0.25) is 0 Å². The molecule has 0 aliphatic rings. The van der Waals surface area contributed by atoms with Crippen molar-refractivity contribution in [2.24, 2.45) is 5.73 Å². The van der Waals surface area contributed by atoms with Gasteiger partial charge in [-0.1, -0.05) is 162 Å². The normalized spacial score (nSPS) is 14.5. The summed E-state index contributed by atoms with van der Waals surface area (Å²) in [6, 6.07) is 0. The number of carbonyl (C=O) groups is 1. The molecule has 8 nitrogen and oxygen atoms in total. The molecule has 0 radical (unpaired) electrons.